The lowest BCUT2D eigenvalue weighted by atomic mass is 10.1. The molecule has 5 heteroatoms. The zero-order chi connectivity index (χ0) is 11.1. The lowest BCUT2D eigenvalue weighted by molar-refractivity contribution is -0.343. The lowest BCUT2D eigenvalue weighted by Gasteiger charge is -2.30. The summed E-state index contributed by atoms with van der Waals surface area (Å²) in [4.78, 5) is 0. The van der Waals surface area contributed by atoms with E-state index in [1.54, 1.807) is 0 Å². The monoisotopic (exact) mass is 223 g/mol. The van der Waals surface area contributed by atoms with Crippen molar-refractivity contribution in [3.63, 3.8) is 0 Å². The molecule has 3 atom stereocenters. The van der Waals surface area contributed by atoms with E-state index < -0.39 is 30.4 Å². The van der Waals surface area contributed by atoms with E-state index in [2.05, 4.69) is 0 Å². The maximum atomic E-state index is 13.2. The second-order valence-corrected chi connectivity index (χ2v) is 4.46. The molecule has 0 aromatic rings. The van der Waals surface area contributed by atoms with Crippen LogP contribution in [-0.4, -0.2) is 24.0 Å². The Morgan fingerprint density at radius 1 is 1.20 bits per heavy atom. The zero-order valence-corrected chi connectivity index (χ0v) is 8.35. The molecule has 2 aliphatic carbocycles. The lowest BCUT2D eigenvalue weighted by Crippen LogP contribution is -2.46. The smallest absolute Gasteiger partial charge is 0.303 e. The molecule has 1 radical (unpaired) electrons. The van der Waals surface area contributed by atoms with Crippen molar-refractivity contribution in [2.24, 2.45) is 0 Å². The summed E-state index contributed by atoms with van der Waals surface area (Å²) in [6, 6.07) is 0. The summed E-state index contributed by atoms with van der Waals surface area (Å²) >= 11 is 0. The fourth-order valence-corrected chi connectivity index (χ4v) is 2.33. The molecule has 0 aromatic heterocycles. The summed E-state index contributed by atoms with van der Waals surface area (Å²) in [5.41, 5.74) is 0. The first-order valence-electron chi connectivity index (χ1n) is 5.33. The topological polar surface area (TPSA) is 29.1 Å². The second-order valence-electron chi connectivity index (χ2n) is 4.46. The third-order valence-electron chi connectivity index (χ3n) is 3.23. The van der Waals surface area contributed by atoms with Crippen LogP contribution in [0.4, 0.5) is 13.2 Å². The molecule has 2 saturated carbocycles. The fourth-order valence-electron chi connectivity index (χ4n) is 2.33. The summed E-state index contributed by atoms with van der Waals surface area (Å²) in [6.45, 7) is 0. The van der Waals surface area contributed by atoms with Gasteiger partial charge in [0.15, 0.2) is 0 Å². The van der Waals surface area contributed by atoms with Crippen LogP contribution in [0.25, 0.3) is 0 Å². The van der Waals surface area contributed by atoms with E-state index in [-0.39, 0.29) is 19.3 Å². The van der Waals surface area contributed by atoms with E-state index in [4.69, 9.17) is 4.74 Å². The van der Waals surface area contributed by atoms with Crippen LogP contribution in [0.2, 0.25) is 0 Å². The predicted molar refractivity (Wildman–Crippen MR) is 45.8 cm³/mol. The van der Waals surface area contributed by atoms with E-state index in [1.807, 2.05) is 0 Å². The molecule has 0 amide bonds. The summed E-state index contributed by atoms with van der Waals surface area (Å²) in [6.07, 6.45) is -1.26. The number of ether oxygens (including phenoxy) is 1. The second kappa shape index (κ2) is 3.63. The van der Waals surface area contributed by atoms with Gasteiger partial charge in [0.2, 0.25) is 0 Å². The first-order chi connectivity index (χ1) is 6.93. The molecular weight excluding hydrogens is 209 g/mol. The van der Waals surface area contributed by atoms with Gasteiger partial charge in [-0.2, -0.15) is 5.11 Å². The van der Waals surface area contributed by atoms with Gasteiger partial charge in [-0.15, -0.1) is 0 Å². The van der Waals surface area contributed by atoms with E-state index in [9.17, 15) is 18.3 Å². The Labute approximate surface area is 86.4 Å². The van der Waals surface area contributed by atoms with Crippen molar-refractivity contribution in [1.29, 1.82) is 0 Å². The van der Waals surface area contributed by atoms with Crippen LogP contribution in [0.5, 0.6) is 0 Å². The standard InChI is InChI=1S/C10H14F3O2/c11-7-2-3-8(6-7)15-10(14)5-1-4-9(10,12)13/h7-8H,1-6H2. The van der Waals surface area contributed by atoms with Crippen LogP contribution in [0.3, 0.4) is 0 Å². The van der Waals surface area contributed by atoms with Gasteiger partial charge in [0.25, 0.3) is 5.79 Å². The van der Waals surface area contributed by atoms with Crippen molar-refractivity contribution in [2.45, 2.75) is 62.5 Å². The van der Waals surface area contributed by atoms with E-state index in [0.717, 1.165) is 0 Å². The minimum Gasteiger partial charge on any atom is -0.339 e. The van der Waals surface area contributed by atoms with Crippen LogP contribution in [0.1, 0.15) is 38.5 Å². The maximum absolute atomic E-state index is 13.2. The number of halogens is 3. The van der Waals surface area contributed by atoms with Crippen LogP contribution >= 0.6 is 0 Å². The Morgan fingerprint density at radius 2 is 1.93 bits per heavy atom. The van der Waals surface area contributed by atoms with Gasteiger partial charge in [-0.25, -0.2) is 13.2 Å². The highest BCUT2D eigenvalue weighted by Gasteiger charge is 2.60. The molecule has 15 heavy (non-hydrogen) atoms. The Morgan fingerprint density at radius 3 is 2.40 bits per heavy atom. The molecule has 0 bridgehead atoms. The molecule has 3 unspecified atom stereocenters. The molecule has 0 spiro atoms. The van der Waals surface area contributed by atoms with Gasteiger partial charge < -0.3 is 4.74 Å². The van der Waals surface area contributed by atoms with Crippen LogP contribution in [0.15, 0.2) is 0 Å². The minimum absolute atomic E-state index is 0.0834. The molecule has 0 aromatic carbocycles. The first-order valence-corrected chi connectivity index (χ1v) is 5.33. The van der Waals surface area contributed by atoms with Crippen LogP contribution < -0.4 is 0 Å². The third kappa shape index (κ3) is 1.99. The number of hydrogen-bond donors (Lipinski definition) is 0. The molecule has 2 nitrogen and oxygen atoms in total. The van der Waals surface area contributed by atoms with Gasteiger partial charge in [-0.05, 0) is 19.3 Å². The molecule has 0 heterocycles. The minimum atomic E-state index is -3.30. The van der Waals surface area contributed by atoms with Gasteiger partial charge in [-0.3, -0.25) is 0 Å². The Balaban J connectivity index is 1.98. The molecule has 2 aliphatic rings. The molecule has 2 rings (SSSR count). The van der Waals surface area contributed by atoms with Crippen molar-refractivity contribution in [2.75, 3.05) is 0 Å². The van der Waals surface area contributed by atoms with Gasteiger partial charge in [0.05, 0.1) is 6.10 Å². The SMILES string of the molecule is [O]C1(OC2CCC(F)C2)CCCC1(F)F. The molecule has 2 fully saturated rings. The van der Waals surface area contributed by atoms with E-state index in [1.165, 1.54) is 0 Å². The summed E-state index contributed by atoms with van der Waals surface area (Å²) in [7, 11) is 0. The first kappa shape index (κ1) is 11.2. The highest BCUT2D eigenvalue weighted by atomic mass is 19.3. The largest absolute Gasteiger partial charge is 0.339 e. The van der Waals surface area contributed by atoms with Crippen molar-refractivity contribution >= 4 is 0 Å². The molecule has 87 valence electrons. The summed E-state index contributed by atoms with van der Waals surface area (Å²) < 4.78 is 44.1. The molecular formula is C10H14F3O2. The van der Waals surface area contributed by atoms with Gasteiger partial charge in [0.1, 0.15) is 6.17 Å². The molecule has 0 aliphatic heterocycles. The third-order valence-corrected chi connectivity index (χ3v) is 3.23. The molecule has 0 saturated heterocycles. The van der Waals surface area contributed by atoms with Gasteiger partial charge >= 0.3 is 5.92 Å². The number of hydrogen-bond acceptors (Lipinski definition) is 1. The zero-order valence-electron chi connectivity index (χ0n) is 8.35. The summed E-state index contributed by atoms with van der Waals surface area (Å²) in [5, 5.41) is 11.7. The predicted octanol–water partition coefficient (Wildman–Crippen LogP) is 2.84. The highest BCUT2D eigenvalue weighted by molar-refractivity contribution is 4.93. The Hall–Kier alpha value is -0.290. The fraction of sp³-hybridized carbons (Fsp3) is 1.00. The van der Waals surface area contributed by atoms with Crippen molar-refractivity contribution in [3.8, 4) is 0 Å². The quantitative estimate of drug-likeness (QED) is 0.662. The van der Waals surface area contributed by atoms with Crippen LogP contribution in [0, 0.1) is 0 Å². The Bertz CT molecular complexity index is 247. The normalized spacial score (nSPS) is 44.8. The highest BCUT2D eigenvalue weighted by Crippen LogP contribution is 2.46. The average Bonchev–Trinajstić information content (AvgIpc) is 2.59. The van der Waals surface area contributed by atoms with Crippen molar-refractivity contribution in [1.82, 2.24) is 0 Å². The van der Waals surface area contributed by atoms with Gasteiger partial charge in [0, 0.05) is 19.3 Å². The maximum Gasteiger partial charge on any atom is 0.303 e. The number of alkyl halides is 3. The van der Waals surface area contributed by atoms with E-state index >= 15 is 0 Å². The molecule has 0 N–H and O–H groups in total. The van der Waals surface area contributed by atoms with E-state index in [0.29, 0.717) is 12.8 Å². The summed E-state index contributed by atoms with van der Waals surface area (Å²) in [5.74, 6) is -5.91. The van der Waals surface area contributed by atoms with Crippen LogP contribution in [-0.2, 0) is 9.84 Å². The van der Waals surface area contributed by atoms with Crippen molar-refractivity contribution < 1.29 is 23.0 Å². The van der Waals surface area contributed by atoms with Gasteiger partial charge in [-0.1, -0.05) is 0 Å². The average molecular weight is 223 g/mol. The van der Waals surface area contributed by atoms with Crippen molar-refractivity contribution in [3.05, 3.63) is 0 Å². The number of rotatable bonds is 2. The Kier molecular flexibility index (Phi) is 2.71.